The Morgan fingerprint density at radius 3 is 2.67 bits per heavy atom. The molecular weight excluding hydrogens is 426 g/mol. The number of hydrogen-bond acceptors (Lipinski definition) is 8. The van der Waals surface area contributed by atoms with Crippen LogP contribution in [0.1, 0.15) is 23.6 Å². The molecule has 2 aliphatic heterocycles. The molecule has 0 aliphatic carbocycles. The molecule has 2 aromatic rings. The van der Waals surface area contributed by atoms with Crippen molar-refractivity contribution in [2.24, 2.45) is 0 Å². The first-order chi connectivity index (χ1) is 16.0. The zero-order valence-corrected chi connectivity index (χ0v) is 18.4. The van der Waals surface area contributed by atoms with Crippen molar-refractivity contribution in [2.75, 3.05) is 46.5 Å². The molecule has 1 aromatic heterocycles. The van der Waals surface area contributed by atoms with Gasteiger partial charge in [0.2, 0.25) is 0 Å². The number of phenolic OH excluding ortho intramolecular Hbond substituents is 1. The molecule has 2 saturated heterocycles. The quantitative estimate of drug-likeness (QED) is 0.372. The van der Waals surface area contributed by atoms with Gasteiger partial charge >= 0.3 is 0 Å². The van der Waals surface area contributed by atoms with E-state index in [0.29, 0.717) is 37.5 Å². The number of pyridine rings is 1. The summed E-state index contributed by atoms with van der Waals surface area (Å²) in [6.07, 6.45) is 3.84. The van der Waals surface area contributed by atoms with Gasteiger partial charge in [-0.25, -0.2) is 0 Å². The van der Waals surface area contributed by atoms with Crippen LogP contribution in [-0.2, 0) is 14.3 Å². The third-order valence-electron chi connectivity index (χ3n) is 5.98. The van der Waals surface area contributed by atoms with E-state index in [9.17, 15) is 19.8 Å². The molecule has 1 atom stereocenters. The highest BCUT2D eigenvalue weighted by atomic mass is 16.5. The molecule has 1 aromatic carbocycles. The average molecular weight is 453 g/mol. The number of ketones is 1. The molecule has 9 nitrogen and oxygen atoms in total. The van der Waals surface area contributed by atoms with E-state index in [1.165, 1.54) is 24.1 Å². The molecule has 3 heterocycles. The average Bonchev–Trinajstić information content (AvgIpc) is 3.10. The number of Topliss-reactive ketones (excluding diaryl/α,β-unsaturated/α-hetero) is 1. The Hall–Kier alpha value is -3.43. The van der Waals surface area contributed by atoms with Gasteiger partial charge in [0.1, 0.15) is 17.3 Å². The van der Waals surface area contributed by atoms with Crippen molar-refractivity contribution in [3.8, 4) is 11.5 Å². The van der Waals surface area contributed by atoms with E-state index < -0.39 is 23.5 Å². The molecule has 33 heavy (non-hydrogen) atoms. The van der Waals surface area contributed by atoms with Gasteiger partial charge in [0.05, 0.1) is 37.5 Å². The van der Waals surface area contributed by atoms with E-state index >= 15 is 0 Å². The molecule has 0 saturated carbocycles. The number of ether oxygens (including phenoxy) is 2. The second kappa shape index (κ2) is 10.0. The van der Waals surface area contributed by atoms with Crippen molar-refractivity contribution in [2.45, 2.75) is 12.5 Å². The third-order valence-corrected chi connectivity index (χ3v) is 5.98. The summed E-state index contributed by atoms with van der Waals surface area (Å²) in [4.78, 5) is 33.9. The number of carbonyl (C=O) groups is 2. The predicted molar refractivity (Wildman–Crippen MR) is 120 cm³/mol. The van der Waals surface area contributed by atoms with Crippen molar-refractivity contribution < 1.29 is 29.3 Å². The summed E-state index contributed by atoms with van der Waals surface area (Å²) in [7, 11) is 1.46. The Labute approximate surface area is 191 Å². The lowest BCUT2D eigenvalue weighted by atomic mass is 9.96. The summed E-state index contributed by atoms with van der Waals surface area (Å²) in [6, 6.07) is 7.03. The highest BCUT2D eigenvalue weighted by molar-refractivity contribution is 6.46. The van der Waals surface area contributed by atoms with Crippen LogP contribution >= 0.6 is 0 Å². The summed E-state index contributed by atoms with van der Waals surface area (Å²) in [5.41, 5.74) is 0.591. The van der Waals surface area contributed by atoms with Crippen LogP contribution in [0.2, 0.25) is 0 Å². The van der Waals surface area contributed by atoms with E-state index in [1.807, 2.05) is 0 Å². The minimum atomic E-state index is -0.801. The number of aliphatic hydroxyl groups is 1. The Morgan fingerprint density at radius 2 is 2.00 bits per heavy atom. The highest BCUT2D eigenvalue weighted by Crippen LogP contribution is 2.41. The second-order valence-corrected chi connectivity index (χ2v) is 7.97. The van der Waals surface area contributed by atoms with Crippen molar-refractivity contribution >= 4 is 17.4 Å². The van der Waals surface area contributed by atoms with Gasteiger partial charge < -0.3 is 24.6 Å². The zero-order chi connectivity index (χ0) is 23.4. The number of morpholine rings is 1. The van der Waals surface area contributed by atoms with E-state index in [-0.39, 0.29) is 16.9 Å². The lowest BCUT2D eigenvalue weighted by Gasteiger charge is -2.29. The van der Waals surface area contributed by atoms with Gasteiger partial charge in [0.25, 0.3) is 11.7 Å². The van der Waals surface area contributed by atoms with Gasteiger partial charge in [0, 0.05) is 44.6 Å². The second-order valence-electron chi connectivity index (χ2n) is 7.97. The molecule has 2 aliphatic rings. The van der Waals surface area contributed by atoms with Gasteiger partial charge in [-0.15, -0.1) is 0 Å². The number of aliphatic hydroxyl groups excluding tert-OH is 1. The van der Waals surface area contributed by atoms with Crippen LogP contribution in [0.4, 0.5) is 0 Å². The molecular formula is C24H27N3O6. The number of methoxy groups -OCH3 is 1. The number of carbonyl (C=O) groups excluding carboxylic acids is 2. The molecule has 0 unspecified atom stereocenters. The fourth-order valence-electron chi connectivity index (χ4n) is 4.27. The number of likely N-dealkylation sites (tertiary alicyclic amines) is 1. The number of amides is 1. The first kappa shape index (κ1) is 22.8. The van der Waals surface area contributed by atoms with Crippen LogP contribution in [0, 0.1) is 0 Å². The topological polar surface area (TPSA) is 112 Å². The smallest absolute Gasteiger partial charge is 0.295 e. The van der Waals surface area contributed by atoms with Crippen molar-refractivity contribution in [3.63, 3.8) is 0 Å². The van der Waals surface area contributed by atoms with Crippen LogP contribution in [-0.4, -0.2) is 83.2 Å². The molecule has 4 rings (SSSR count). The lowest BCUT2D eigenvalue weighted by molar-refractivity contribution is -0.140. The molecule has 0 spiro atoms. The molecule has 2 fully saturated rings. The molecule has 0 bridgehead atoms. The molecule has 1 amide bonds. The number of nitrogens with zero attached hydrogens (tertiary/aromatic N) is 3. The minimum Gasteiger partial charge on any atom is -0.507 e. The fourth-order valence-corrected chi connectivity index (χ4v) is 4.27. The Morgan fingerprint density at radius 1 is 1.21 bits per heavy atom. The zero-order valence-electron chi connectivity index (χ0n) is 18.4. The summed E-state index contributed by atoms with van der Waals surface area (Å²) >= 11 is 0. The predicted octanol–water partition coefficient (Wildman–Crippen LogP) is 1.94. The number of rotatable bonds is 7. The standard InChI is InChI=1S/C24H27N3O6/c1-32-17-5-6-18(19(28)14-17)22(29)20-21(16-4-2-7-25-15-16)27(24(31)23(20)30)9-3-8-26-10-12-33-13-11-26/h2,4-7,14-15,21,28-29H,3,8-13H2,1H3/t21-/m1/s1. The maximum atomic E-state index is 13.1. The Kier molecular flexibility index (Phi) is 6.90. The Balaban J connectivity index is 1.67. The number of aromatic hydroxyl groups is 1. The number of aromatic nitrogens is 1. The van der Waals surface area contributed by atoms with Gasteiger partial charge in [-0.1, -0.05) is 6.07 Å². The van der Waals surface area contributed by atoms with Crippen LogP contribution < -0.4 is 4.74 Å². The maximum Gasteiger partial charge on any atom is 0.295 e. The third kappa shape index (κ3) is 4.69. The van der Waals surface area contributed by atoms with Gasteiger partial charge in [0.15, 0.2) is 0 Å². The first-order valence-electron chi connectivity index (χ1n) is 10.9. The van der Waals surface area contributed by atoms with E-state index in [0.717, 1.165) is 19.6 Å². The number of hydrogen-bond donors (Lipinski definition) is 2. The number of benzene rings is 1. The highest BCUT2D eigenvalue weighted by Gasteiger charge is 2.46. The number of phenols is 1. The first-order valence-corrected chi connectivity index (χ1v) is 10.9. The largest absolute Gasteiger partial charge is 0.507 e. The minimum absolute atomic E-state index is 0.0519. The summed E-state index contributed by atoms with van der Waals surface area (Å²) < 4.78 is 10.5. The van der Waals surface area contributed by atoms with E-state index in [2.05, 4.69) is 9.88 Å². The summed E-state index contributed by atoms with van der Waals surface area (Å²) in [5.74, 6) is -1.76. The van der Waals surface area contributed by atoms with Crippen molar-refractivity contribution in [1.82, 2.24) is 14.8 Å². The normalized spacial score (nSPS) is 20.9. The van der Waals surface area contributed by atoms with Crippen molar-refractivity contribution in [1.29, 1.82) is 0 Å². The van der Waals surface area contributed by atoms with Gasteiger partial charge in [-0.05, 0) is 30.2 Å². The fraction of sp³-hybridized carbons (Fsp3) is 0.375. The van der Waals surface area contributed by atoms with Crippen LogP contribution in [0.25, 0.3) is 5.76 Å². The van der Waals surface area contributed by atoms with E-state index in [1.54, 1.807) is 30.6 Å². The molecule has 9 heteroatoms. The lowest BCUT2D eigenvalue weighted by Crippen LogP contribution is -2.39. The monoisotopic (exact) mass is 453 g/mol. The SMILES string of the molecule is COc1ccc(C(O)=C2C(=O)C(=O)N(CCCN3CCOCC3)[C@@H]2c2cccnc2)c(O)c1. The molecule has 0 radical (unpaired) electrons. The van der Waals surface area contributed by atoms with Crippen molar-refractivity contribution in [3.05, 3.63) is 59.4 Å². The maximum absolute atomic E-state index is 13.1. The van der Waals surface area contributed by atoms with Gasteiger partial charge in [-0.2, -0.15) is 0 Å². The Bertz CT molecular complexity index is 1050. The van der Waals surface area contributed by atoms with Crippen LogP contribution in [0.5, 0.6) is 11.5 Å². The van der Waals surface area contributed by atoms with Crippen LogP contribution in [0.3, 0.4) is 0 Å². The van der Waals surface area contributed by atoms with Gasteiger partial charge in [-0.3, -0.25) is 19.5 Å². The van der Waals surface area contributed by atoms with E-state index in [4.69, 9.17) is 9.47 Å². The summed E-state index contributed by atoms with van der Waals surface area (Å²) in [5, 5.41) is 21.5. The molecule has 174 valence electrons. The summed E-state index contributed by atoms with van der Waals surface area (Å²) in [6.45, 7) is 4.15. The molecule has 2 N–H and O–H groups in total. The van der Waals surface area contributed by atoms with Crippen LogP contribution in [0.15, 0.2) is 48.3 Å².